The third kappa shape index (κ3) is 61.6. The maximum atomic E-state index is 12.9. The molecule has 2 atom stereocenters. The Labute approximate surface area is 492 Å². The van der Waals surface area contributed by atoms with Gasteiger partial charge >= 0.3 is 11.9 Å². The Balaban J connectivity index is 4.25. The standard InChI is InChI=1S/C71H121NO8/c1-6-8-10-12-14-16-18-20-22-24-26-28-30-31-32-33-34-35-36-37-38-39-40-42-44-46-48-50-52-54-56-58-60-62-69(74)80-67(66-79-71(70(75)76)77-64-63-72(3,4)5)65-78-68(73)61-59-57-55-53-51-49-47-45-43-41-29-27-25-23-21-19-17-15-13-11-9-7-2/h8,10,14,16,20,22,26,28,31-32,34-35,37-38,40,42,46,48,67,71H,6-7,9,11-13,15,17-19,21,23-25,27,29-30,33,36,39,41,43-45,47,49-66H2,1-5H3/b10-8-,16-14-,22-20-,28-26-,32-31-,35-34-,38-37-,42-40-,48-46-. The lowest BCUT2D eigenvalue weighted by molar-refractivity contribution is -0.870. The van der Waals surface area contributed by atoms with E-state index in [0.717, 1.165) is 109 Å². The maximum absolute atomic E-state index is 12.9. The van der Waals surface area contributed by atoms with Crippen LogP contribution in [0.25, 0.3) is 0 Å². The van der Waals surface area contributed by atoms with Crippen molar-refractivity contribution in [1.29, 1.82) is 0 Å². The lowest BCUT2D eigenvalue weighted by Gasteiger charge is -2.26. The van der Waals surface area contributed by atoms with Gasteiger partial charge in [-0.1, -0.05) is 277 Å². The van der Waals surface area contributed by atoms with Crippen LogP contribution in [0.15, 0.2) is 109 Å². The summed E-state index contributed by atoms with van der Waals surface area (Å²) >= 11 is 0. The van der Waals surface area contributed by atoms with E-state index in [1.807, 2.05) is 21.1 Å². The number of hydrogen-bond acceptors (Lipinski definition) is 8. The van der Waals surface area contributed by atoms with E-state index < -0.39 is 24.3 Å². The van der Waals surface area contributed by atoms with Gasteiger partial charge in [-0.15, -0.1) is 0 Å². The largest absolute Gasteiger partial charge is 0.545 e. The zero-order valence-electron chi connectivity index (χ0n) is 52.2. The van der Waals surface area contributed by atoms with E-state index in [4.69, 9.17) is 18.9 Å². The van der Waals surface area contributed by atoms with Crippen LogP contribution >= 0.6 is 0 Å². The van der Waals surface area contributed by atoms with Crippen LogP contribution in [0.2, 0.25) is 0 Å². The van der Waals surface area contributed by atoms with Gasteiger partial charge in [-0.2, -0.15) is 0 Å². The number of hydrogen-bond donors (Lipinski definition) is 0. The number of unbranched alkanes of at least 4 members (excludes halogenated alkanes) is 26. The third-order valence-corrected chi connectivity index (χ3v) is 13.8. The molecule has 0 spiro atoms. The molecule has 0 aliphatic rings. The molecule has 0 radical (unpaired) electrons. The first-order valence-electron chi connectivity index (χ1n) is 32.5. The predicted octanol–water partition coefficient (Wildman–Crippen LogP) is 18.5. The van der Waals surface area contributed by atoms with Gasteiger partial charge in [0.2, 0.25) is 0 Å². The molecule has 0 rings (SSSR count). The average molecular weight is 1120 g/mol. The van der Waals surface area contributed by atoms with Gasteiger partial charge in [0.25, 0.3) is 0 Å². The highest BCUT2D eigenvalue weighted by atomic mass is 16.7. The molecule has 0 aromatic heterocycles. The van der Waals surface area contributed by atoms with E-state index in [1.54, 1.807) is 0 Å². The third-order valence-electron chi connectivity index (χ3n) is 13.8. The summed E-state index contributed by atoms with van der Waals surface area (Å²) in [4.78, 5) is 37.4. The van der Waals surface area contributed by atoms with Gasteiger partial charge in [0.1, 0.15) is 13.2 Å². The minimum absolute atomic E-state index is 0.139. The normalized spacial score (nSPS) is 13.5. The van der Waals surface area contributed by atoms with Gasteiger partial charge in [-0.3, -0.25) is 9.59 Å². The summed E-state index contributed by atoms with van der Waals surface area (Å²) in [7, 11) is 5.92. The number of aliphatic carboxylic acids is 1. The fourth-order valence-corrected chi connectivity index (χ4v) is 8.82. The number of esters is 2. The van der Waals surface area contributed by atoms with Crippen molar-refractivity contribution in [2.75, 3.05) is 47.5 Å². The van der Waals surface area contributed by atoms with E-state index in [9.17, 15) is 19.5 Å². The highest BCUT2D eigenvalue weighted by molar-refractivity contribution is 5.70. The van der Waals surface area contributed by atoms with Crippen molar-refractivity contribution < 1.29 is 42.9 Å². The number of allylic oxidation sites excluding steroid dienone is 18. The highest BCUT2D eigenvalue weighted by Crippen LogP contribution is 2.17. The Morgan fingerprint density at radius 2 is 0.713 bits per heavy atom. The molecule has 0 aliphatic carbocycles. The van der Waals surface area contributed by atoms with E-state index in [1.165, 1.54) is 122 Å². The van der Waals surface area contributed by atoms with E-state index in [2.05, 4.69) is 123 Å². The molecule has 0 amide bonds. The van der Waals surface area contributed by atoms with Crippen molar-refractivity contribution in [2.45, 2.75) is 277 Å². The number of carboxylic acid groups (broad SMARTS) is 1. The molecule has 0 heterocycles. The molecule has 80 heavy (non-hydrogen) atoms. The van der Waals surface area contributed by atoms with Crippen molar-refractivity contribution in [3.05, 3.63) is 109 Å². The minimum Gasteiger partial charge on any atom is -0.545 e. The molecule has 0 N–H and O–H groups in total. The topological polar surface area (TPSA) is 111 Å². The zero-order chi connectivity index (χ0) is 58.3. The second-order valence-electron chi connectivity index (χ2n) is 22.7. The Bertz CT molecular complexity index is 1680. The molecule has 0 saturated carbocycles. The summed E-state index contributed by atoms with van der Waals surface area (Å²) in [6.07, 6.45) is 81.5. The Kier molecular flexibility index (Phi) is 57.9. The summed E-state index contributed by atoms with van der Waals surface area (Å²) in [5, 5.41) is 11.8. The average Bonchev–Trinajstić information content (AvgIpc) is 3.43. The molecule has 458 valence electrons. The molecule has 2 unspecified atom stereocenters. The van der Waals surface area contributed by atoms with E-state index >= 15 is 0 Å². The van der Waals surface area contributed by atoms with Crippen LogP contribution in [0.5, 0.6) is 0 Å². The number of ether oxygens (including phenoxy) is 4. The smallest absolute Gasteiger partial charge is 0.306 e. The summed E-state index contributed by atoms with van der Waals surface area (Å²) in [5.74, 6) is -2.31. The van der Waals surface area contributed by atoms with Crippen molar-refractivity contribution in [1.82, 2.24) is 0 Å². The lowest BCUT2D eigenvalue weighted by Crippen LogP contribution is -2.44. The molecule has 9 heteroatoms. The molecule has 0 saturated heterocycles. The number of carboxylic acids is 1. The zero-order valence-corrected chi connectivity index (χ0v) is 52.2. The summed E-state index contributed by atoms with van der Waals surface area (Å²) < 4.78 is 22.7. The second-order valence-corrected chi connectivity index (χ2v) is 22.7. The number of quaternary nitrogens is 1. The number of carbonyl (C=O) groups excluding carboxylic acids is 3. The summed E-state index contributed by atoms with van der Waals surface area (Å²) in [6.45, 7) is 4.63. The van der Waals surface area contributed by atoms with Gasteiger partial charge in [-0.05, 0) is 83.5 Å². The molecule has 0 fully saturated rings. The lowest BCUT2D eigenvalue weighted by atomic mass is 10.0. The SMILES string of the molecule is CC/C=C\C/C=C\C/C=C\C/C=C\C/C=C\C/C=C\C/C=C\C/C=C\C/C=C\CCCCCCCC(=O)OC(COC(=O)CCCCCCCCCCCCCCCCCCCCCCCC)COC(OCC[N+](C)(C)C)C(=O)[O-]. The molecular formula is C71H121NO8. The second kappa shape index (κ2) is 61.0. The van der Waals surface area contributed by atoms with Crippen LogP contribution < -0.4 is 5.11 Å². The minimum atomic E-state index is -1.63. The maximum Gasteiger partial charge on any atom is 0.306 e. The van der Waals surface area contributed by atoms with Gasteiger partial charge in [-0.25, -0.2) is 0 Å². The Hall–Kier alpha value is -4.05. The molecule has 0 aromatic carbocycles. The molecule has 9 nitrogen and oxygen atoms in total. The van der Waals surface area contributed by atoms with Crippen LogP contribution in [0.1, 0.15) is 264 Å². The first-order chi connectivity index (χ1) is 39.1. The van der Waals surface area contributed by atoms with Crippen LogP contribution in [-0.2, 0) is 33.3 Å². The van der Waals surface area contributed by atoms with Crippen molar-refractivity contribution in [2.24, 2.45) is 0 Å². The van der Waals surface area contributed by atoms with Crippen molar-refractivity contribution >= 4 is 17.9 Å². The fraction of sp³-hybridized carbons (Fsp3) is 0.704. The Morgan fingerprint density at radius 1 is 0.388 bits per heavy atom. The molecule has 0 aliphatic heterocycles. The van der Waals surface area contributed by atoms with Crippen LogP contribution in [0.3, 0.4) is 0 Å². The van der Waals surface area contributed by atoms with Crippen LogP contribution in [-0.4, -0.2) is 82.3 Å². The first kappa shape index (κ1) is 76.0. The number of likely N-dealkylation sites (N-methyl/N-ethyl adjacent to an activating group) is 1. The monoisotopic (exact) mass is 1120 g/mol. The fourth-order valence-electron chi connectivity index (χ4n) is 8.82. The quantitative estimate of drug-likeness (QED) is 0.0195. The van der Waals surface area contributed by atoms with Crippen LogP contribution in [0, 0.1) is 0 Å². The highest BCUT2D eigenvalue weighted by Gasteiger charge is 2.22. The number of nitrogens with zero attached hydrogens (tertiary/aromatic N) is 1. The molecular weight excluding hydrogens is 995 g/mol. The van der Waals surface area contributed by atoms with Crippen molar-refractivity contribution in [3.63, 3.8) is 0 Å². The van der Waals surface area contributed by atoms with E-state index in [-0.39, 0.29) is 38.6 Å². The van der Waals surface area contributed by atoms with Gasteiger partial charge in [0, 0.05) is 12.8 Å². The predicted molar refractivity (Wildman–Crippen MR) is 338 cm³/mol. The summed E-state index contributed by atoms with van der Waals surface area (Å²) in [6, 6.07) is 0. The van der Waals surface area contributed by atoms with E-state index in [0.29, 0.717) is 17.4 Å². The van der Waals surface area contributed by atoms with Crippen LogP contribution in [0.4, 0.5) is 0 Å². The number of carbonyl (C=O) groups is 3. The molecule has 0 bridgehead atoms. The molecule has 0 aromatic rings. The van der Waals surface area contributed by atoms with Gasteiger partial charge < -0.3 is 33.3 Å². The Morgan fingerprint density at radius 3 is 1.06 bits per heavy atom. The first-order valence-corrected chi connectivity index (χ1v) is 32.5. The number of rotatable bonds is 59. The summed E-state index contributed by atoms with van der Waals surface area (Å²) in [5.41, 5.74) is 0. The van der Waals surface area contributed by atoms with Crippen molar-refractivity contribution in [3.8, 4) is 0 Å². The van der Waals surface area contributed by atoms with Gasteiger partial charge in [0.05, 0.1) is 40.3 Å². The van der Waals surface area contributed by atoms with Gasteiger partial charge in [0.15, 0.2) is 12.4 Å².